The molecule has 0 spiro atoms. The van der Waals surface area contributed by atoms with E-state index in [0.29, 0.717) is 29.7 Å². The van der Waals surface area contributed by atoms with Crippen molar-refractivity contribution >= 4 is 11.6 Å². The average Bonchev–Trinajstić information content (AvgIpc) is 2.46. The zero-order chi connectivity index (χ0) is 15.2. The normalized spacial score (nSPS) is 10.5. The molecule has 0 amide bonds. The molecule has 0 aliphatic carbocycles. The van der Waals surface area contributed by atoms with Gasteiger partial charge in [0.2, 0.25) is 0 Å². The van der Waals surface area contributed by atoms with Crippen molar-refractivity contribution in [3.8, 4) is 11.5 Å². The van der Waals surface area contributed by atoms with Gasteiger partial charge >= 0.3 is 0 Å². The van der Waals surface area contributed by atoms with Crippen molar-refractivity contribution in [3.05, 3.63) is 58.1 Å². The molecular formula is C17H20ClNO2. The summed E-state index contributed by atoms with van der Waals surface area (Å²) in [6, 6.07) is 12.0. The van der Waals surface area contributed by atoms with Crippen LogP contribution in [-0.2, 0) is 13.0 Å². The van der Waals surface area contributed by atoms with Gasteiger partial charge in [0.15, 0.2) is 11.5 Å². The highest BCUT2D eigenvalue weighted by atomic mass is 35.5. The van der Waals surface area contributed by atoms with Gasteiger partial charge in [-0.2, -0.15) is 0 Å². The van der Waals surface area contributed by atoms with E-state index in [1.807, 2.05) is 24.3 Å². The number of rotatable bonds is 6. The van der Waals surface area contributed by atoms with E-state index in [-0.39, 0.29) is 0 Å². The minimum atomic E-state index is 0.452. The molecule has 0 aromatic heterocycles. The van der Waals surface area contributed by atoms with Crippen LogP contribution in [0, 0.1) is 6.92 Å². The Labute approximate surface area is 130 Å². The predicted octanol–water partition coefficient (Wildman–Crippen LogP) is 3.74. The molecule has 0 saturated heterocycles. The largest absolute Gasteiger partial charge is 0.493 e. The number of aryl methyl sites for hydroxylation is 1. The molecule has 0 aliphatic rings. The maximum atomic E-state index is 6.30. The molecular weight excluding hydrogens is 286 g/mol. The number of hydrogen-bond donors (Lipinski definition) is 1. The van der Waals surface area contributed by atoms with Crippen molar-refractivity contribution in [2.45, 2.75) is 20.0 Å². The predicted molar refractivity (Wildman–Crippen MR) is 86.3 cm³/mol. The standard InChI is InChI=1S/C17H20ClNO2/c1-12-4-3-5-14(8-12)11-21-17-15(18)9-13(6-7-19)10-16(17)20-2/h3-5,8-10H,6-7,11,19H2,1-2H3. The number of hydrogen-bond acceptors (Lipinski definition) is 3. The van der Waals surface area contributed by atoms with Gasteiger partial charge in [0, 0.05) is 0 Å². The van der Waals surface area contributed by atoms with E-state index in [4.69, 9.17) is 26.8 Å². The van der Waals surface area contributed by atoms with Gasteiger partial charge < -0.3 is 15.2 Å². The highest BCUT2D eigenvalue weighted by Gasteiger charge is 2.12. The van der Waals surface area contributed by atoms with Gasteiger partial charge in [0.1, 0.15) is 6.61 Å². The zero-order valence-electron chi connectivity index (χ0n) is 12.4. The van der Waals surface area contributed by atoms with Crippen LogP contribution in [0.25, 0.3) is 0 Å². The molecule has 2 N–H and O–H groups in total. The maximum absolute atomic E-state index is 6.30. The molecule has 0 fully saturated rings. The summed E-state index contributed by atoms with van der Waals surface area (Å²) >= 11 is 6.30. The number of nitrogens with two attached hydrogens (primary N) is 1. The van der Waals surface area contributed by atoms with Crippen LogP contribution in [0.1, 0.15) is 16.7 Å². The van der Waals surface area contributed by atoms with Crippen LogP contribution in [0.5, 0.6) is 11.5 Å². The van der Waals surface area contributed by atoms with Crippen molar-refractivity contribution in [3.63, 3.8) is 0 Å². The van der Waals surface area contributed by atoms with Crippen LogP contribution in [-0.4, -0.2) is 13.7 Å². The molecule has 0 aliphatic heterocycles. The van der Waals surface area contributed by atoms with E-state index in [1.165, 1.54) is 5.56 Å². The summed E-state index contributed by atoms with van der Waals surface area (Å²) in [5.74, 6) is 1.21. The van der Waals surface area contributed by atoms with Crippen molar-refractivity contribution < 1.29 is 9.47 Å². The van der Waals surface area contributed by atoms with Crippen LogP contribution in [0.2, 0.25) is 5.02 Å². The van der Waals surface area contributed by atoms with Crippen molar-refractivity contribution in [1.82, 2.24) is 0 Å². The molecule has 0 heterocycles. The molecule has 0 unspecified atom stereocenters. The minimum absolute atomic E-state index is 0.452. The molecule has 2 aromatic carbocycles. The summed E-state index contributed by atoms with van der Waals surface area (Å²) in [7, 11) is 1.61. The molecule has 0 atom stereocenters. The highest BCUT2D eigenvalue weighted by molar-refractivity contribution is 6.32. The Kier molecular flexibility index (Phi) is 5.48. The lowest BCUT2D eigenvalue weighted by Crippen LogP contribution is -2.04. The van der Waals surface area contributed by atoms with Gasteiger partial charge in [-0.05, 0) is 43.1 Å². The van der Waals surface area contributed by atoms with Crippen molar-refractivity contribution in [2.24, 2.45) is 5.73 Å². The summed E-state index contributed by atoms with van der Waals surface area (Å²) in [5, 5.41) is 0.547. The first-order chi connectivity index (χ1) is 10.1. The van der Waals surface area contributed by atoms with E-state index >= 15 is 0 Å². The van der Waals surface area contributed by atoms with Gasteiger partial charge in [-0.1, -0.05) is 41.4 Å². The molecule has 0 saturated carbocycles. The molecule has 2 aromatic rings. The Morgan fingerprint density at radius 1 is 1.14 bits per heavy atom. The molecule has 3 nitrogen and oxygen atoms in total. The number of benzene rings is 2. The van der Waals surface area contributed by atoms with E-state index in [1.54, 1.807) is 7.11 Å². The van der Waals surface area contributed by atoms with Gasteiger partial charge in [0.05, 0.1) is 12.1 Å². The van der Waals surface area contributed by atoms with Crippen molar-refractivity contribution in [2.75, 3.05) is 13.7 Å². The van der Waals surface area contributed by atoms with Gasteiger partial charge in [0.25, 0.3) is 0 Å². The fourth-order valence-corrected chi connectivity index (χ4v) is 2.47. The van der Waals surface area contributed by atoms with Crippen LogP contribution >= 0.6 is 11.6 Å². The van der Waals surface area contributed by atoms with Crippen LogP contribution in [0.15, 0.2) is 36.4 Å². The second kappa shape index (κ2) is 7.34. The fraction of sp³-hybridized carbons (Fsp3) is 0.294. The SMILES string of the molecule is COc1cc(CCN)cc(Cl)c1OCc1cccc(C)c1. The first-order valence-corrected chi connectivity index (χ1v) is 7.26. The second-order valence-electron chi connectivity index (χ2n) is 4.93. The molecule has 4 heteroatoms. The lowest BCUT2D eigenvalue weighted by Gasteiger charge is -2.14. The van der Waals surface area contributed by atoms with Crippen LogP contribution in [0.3, 0.4) is 0 Å². The number of methoxy groups -OCH3 is 1. The Bertz CT molecular complexity index is 614. The monoisotopic (exact) mass is 305 g/mol. The average molecular weight is 306 g/mol. The number of ether oxygens (including phenoxy) is 2. The molecule has 2 rings (SSSR count). The first-order valence-electron chi connectivity index (χ1n) is 6.89. The van der Waals surface area contributed by atoms with Crippen LogP contribution < -0.4 is 15.2 Å². The quantitative estimate of drug-likeness (QED) is 0.884. The molecule has 112 valence electrons. The lowest BCUT2D eigenvalue weighted by atomic mass is 10.1. The molecule has 0 bridgehead atoms. The van der Waals surface area contributed by atoms with E-state index < -0.39 is 0 Å². The van der Waals surface area contributed by atoms with Gasteiger partial charge in [-0.25, -0.2) is 0 Å². The van der Waals surface area contributed by atoms with E-state index in [9.17, 15) is 0 Å². The lowest BCUT2D eigenvalue weighted by molar-refractivity contribution is 0.284. The van der Waals surface area contributed by atoms with E-state index in [2.05, 4.69) is 19.1 Å². The zero-order valence-corrected chi connectivity index (χ0v) is 13.1. The smallest absolute Gasteiger partial charge is 0.180 e. The Morgan fingerprint density at radius 3 is 2.62 bits per heavy atom. The third-order valence-electron chi connectivity index (χ3n) is 3.19. The van der Waals surface area contributed by atoms with Gasteiger partial charge in [-0.3, -0.25) is 0 Å². The Balaban J connectivity index is 2.19. The Hall–Kier alpha value is -1.71. The molecule has 0 radical (unpaired) electrons. The summed E-state index contributed by atoms with van der Waals surface area (Å²) < 4.78 is 11.2. The summed E-state index contributed by atoms with van der Waals surface area (Å²) in [6.07, 6.45) is 0.758. The van der Waals surface area contributed by atoms with Gasteiger partial charge in [-0.15, -0.1) is 0 Å². The first kappa shape index (κ1) is 15.7. The summed E-state index contributed by atoms with van der Waals surface area (Å²) in [4.78, 5) is 0. The third kappa shape index (κ3) is 4.13. The fourth-order valence-electron chi connectivity index (χ4n) is 2.18. The molecule has 21 heavy (non-hydrogen) atoms. The minimum Gasteiger partial charge on any atom is -0.493 e. The van der Waals surface area contributed by atoms with E-state index in [0.717, 1.165) is 17.5 Å². The van der Waals surface area contributed by atoms with Crippen molar-refractivity contribution in [1.29, 1.82) is 0 Å². The highest BCUT2D eigenvalue weighted by Crippen LogP contribution is 2.37. The third-order valence-corrected chi connectivity index (χ3v) is 3.47. The number of halogens is 1. The Morgan fingerprint density at radius 2 is 1.95 bits per heavy atom. The topological polar surface area (TPSA) is 44.5 Å². The second-order valence-corrected chi connectivity index (χ2v) is 5.33. The summed E-state index contributed by atoms with van der Waals surface area (Å²) in [5.41, 5.74) is 8.92. The van der Waals surface area contributed by atoms with Crippen LogP contribution in [0.4, 0.5) is 0 Å². The summed E-state index contributed by atoms with van der Waals surface area (Å²) in [6.45, 7) is 3.08. The maximum Gasteiger partial charge on any atom is 0.180 e.